The SMILES string of the molecule is COc1cc2c(Nc3ccc(Br)cc3F)ncnc2cc1OCC(O)CN(C)CCO. The third-order valence-corrected chi connectivity index (χ3v) is 5.03. The number of halogens is 2. The molecule has 8 nitrogen and oxygen atoms in total. The number of nitrogens with one attached hydrogen (secondary N) is 1. The van der Waals surface area contributed by atoms with E-state index in [2.05, 4.69) is 31.2 Å². The number of nitrogens with zero attached hydrogens (tertiary/aromatic N) is 3. The van der Waals surface area contributed by atoms with Gasteiger partial charge in [-0.25, -0.2) is 14.4 Å². The first-order valence-electron chi connectivity index (χ1n) is 9.56. The van der Waals surface area contributed by atoms with E-state index >= 15 is 0 Å². The first kappa shape index (κ1) is 23.1. The van der Waals surface area contributed by atoms with Crippen molar-refractivity contribution in [3.63, 3.8) is 0 Å². The van der Waals surface area contributed by atoms with Gasteiger partial charge < -0.3 is 29.9 Å². The van der Waals surface area contributed by atoms with Crippen molar-refractivity contribution < 1.29 is 24.1 Å². The van der Waals surface area contributed by atoms with Gasteiger partial charge in [-0.1, -0.05) is 15.9 Å². The Balaban J connectivity index is 1.82. The number of rotatable bonds is 10. The molecule has 1 aromatic heterocycles. The average Bonchev–Trinajstić information content (AvgIpc) is 2.73. The highest BCUT2D eigenvalue weighted by Crippen LogP contribution is 2.35. The lowest BCUT2D eigenvalue weighted by molar-refractivity contribution is 0.0701. The van der Waals surface area contributed by atoms with Crippen LogP contribution < -0.4 is 14.8 Å². The number of aliphatic hydroxyl groups excluding tert-OH is 2. The van der Waals surface area contributed by atoms with Crippen LogP contribution in [0.1, 0.15) is 0 Å². The summed E-state index contributed by atoms with van der Waals surface area (Å²) >= 11 is 3.24. The summed E-state index contributed by atoms with van der Waals surface area (Å²) in [5, 5.41) is 22.7. The maximum absolute atomic E-state index is 14.2. The molecule has 2 aromatic carbocycles. The lowest BCUT2D eigenvalue weighted by Crippen LogP contribution is -2.34. The lowest BCUT2D eigenvalue weighted by Gasteiger charge is -2.20. The summed E-state index contributed by atoms with van der Waals surface area (Å²) in [6.45, 7) is 0.869. The Bertz CT molecular complexity index is 1040. The third-order valence-electron chi connectivity index (χ3n) is 4.54. The maximum atomic E-state index is 14.2. The number of benzene rings is 2. The van der Waals surface area contributed by atoms with Crippen molar-refractivity contribution >= 4 is 38.3 Å². The smallest absolute Gasteiger partial charge is 0.163 e. The fourth-order valence-corrected chi connectivity index (χ4v) is 3.35. The van der Waals surface area contributed by atoms with Gasteiger partial charge in [-0.2, -0.15) is 0 Å². The molecule has 10 heteroatoms. The molecule has 0 saturated carbocycles. The quantitative estimate of drug-likeness (QED) is 0.395. The van der Waals surface area contributed by atoms with Gasteiger partial charge >= 0.3 is 0 Å². The third kappa shape index (κ3) is 6.01. The fraction of sp³-hybridized carbons (Fsp3) is 0.333. The van der Waals surface area contributed by atoms with Crippen LogP contribution in [0.2, 0.25) is 0 Å². The van der Waals surface area contributed by atoms with Crippen LogP contribution in [0.15, 0.2) is 41.1 Å². The molecule has 0 fully saturated rings. The van der Waals surface area contributed by atoms with Gasteiger partial charge in [0.25, 0.3) is 0 Å². The second kappa shape index (κ2) is 10.7. The number of likely N-dealkylation sites (N-methyl/N-ethyl adjacent to an activating group) is 1. The molecule has 166 valence electrons. The number of fused-ring (bicyclic) bond motifs is 1. The number of ether oxygens (including phenoxy) is 2. The molecule has 3 N–H and O–H groups in total. The van der Waals surface area contributed by atoms with E-state index in [1.807, 2.05) is 0 Å². The zero-order valence-corrected chi connectivity index (χ0v) is 18.8. The molecule has 0 aliphatic rings. The second-order valence-corrected chi connectivity index (χ2v) is 7.86. The van der Waals surface area contributed by atoms with Crippen LogP contribution >= 0.6 is 15.9 Å². The highest BCUT2D eigenvalue weighted by molar-refractivity contribution is 9.10. The van der Waals surface area contributed by atoms with Gasteiger partial charge in [0.2, 0.25) is 0 Å². The molecule has 0 bridgehead atoms. The van der Waals surface area contributed by atoms with Gasteiger partial charge in [0.05, 0.1) is 24.9 Å². The number of aliphatic hydroxyl groups is 2. The molecule has 1 unspecified atom stereocenters. The molecule has 3 aromatic rings. The topological polar surface area (TPSA) is 100.0 Å². The normalized spacial score (nSPS) is 12.2. The first-order chi connectivity index (χ1) is 14.9. The first-order valence-corrected chi connectivity index (χ1v) is 10.4. The van der Waals surface area contributed by atoms with Crippen LogP contribution in [0.5, 0.6) is 11.5 Å². The zero-order chi connectivity index (χ0) is 22.4. The average molecular weight is 495 g/mol. The minimum Gasteiger partial charge on any atom is -0.493 e. The summed E-state index contributed by atoms with van der Waals surface area (Å²) < 4.78 is 26.1. The number of hydrogen-bond donors (Lipinski definition) is 3. The van der Waals surface area contributed by atoms with Gasteiger partial charge in [0.1, 0.15) is 30.7 Å². The summed E-state index contributed by atoms with van der Waals surface area (Å²) in [5.74, 6) is 0.839. The molecule has 0 amide bonds. The Morgan fingerprint density at radius 3 is 2.74 bits per heavy atom. The number of anilines is 2. The second-order valence-electron chi connectivity index (χ2n) is 6.94. The highest BCUT2D eigenvalue weighted by atomic mass is 79.9. The van der Waals surface area contributed by atoms with Crippen molar-refractivity contribution in [3.05, 3.63) is 46.9 Å². The van der Waals surface area contributed by atoms with E-state index in [4.69, 9.17) is 14.6 Å². The number of aromatic nitrogens is 2. The summed E-state index contributed by atoms with van der Waals surface area (Å²) in [4.78, 5) is 10.3. The van der Waals surface area contributed by atoms with Crippen molar-refractivity contribution in [1.29, 1.82) is 0 Å². The molecule has 0 saturated heterocycles. The van der Waals surface area contributed by atoms with Crippen molar-refractivity contribution in [2.45, 2.75) is 6.10 Å². The Kier molecular flexibility index (Phi) is 7.97. The van der Waals surface area contributed by atoms with Crippen LogP contribution in [-0.4, -0.2) is 71.6 Å². The largest absolute Gasteiger partial charge is 0.493 e. The van der Waals surface area contributed by atoms with Crippen LogP contribution in [0.3, 0.4) is 0 Å². The van der Waals surface area contributed by atoms with Crippen LogP contribution in [0, 0.1) is 5.82 Å². The van der Waals surface area contributed by atoms with Crippen molar-refractivity contribution in [2.24, 2.45) is 0 Å². The monoisotopic (exact) mass is 494 g/mol. The number of methoxy groups -OCH3 is 1. The summed E-state index contributed by atoms with van der Waals surface area (Å²) in [6, 6.07) is 8.08. The van der Waals surface area contributed by atoms with E-state index in [9.17, 15) is 9.50 Å². The van der Waals surface area contributed by atoms with Gasteiger partial charge in [-0.15, -0.1) is 0 Å². The van der Waals surface area contributed by atoms with Gasteiger partial charge in [-0.05, 0) is 31.3 Å². The molecular weight excluding hydrogens is 471 g/mol. The molecule has 1 heterocycles. The Hall–Kier alpha value is -2.53. The fourth-order valence-electron chi connectivity index (χ4n) is 3.01. The zero-order valence-electron chi connectivity index (χ0n) is 17.2. The predicted molar refractivity (Wildman–Crippen MR) is 120 cm³/mol. The van der Waals surface area contributed by atoms with Crippen LogP contribution in [-0.2, 0) is 0 Å². The van der Waals surface area contributed by atoms with E-state index < -0.39 is 11.9 Å². The molecule has 0 aliphatic heterocycles. The molecule has 1 atom stereocenters. The lowest BCUT2D eigenvalue weighted by atomic mass is 10.2. The predicted octanol–water partition coefficient (Wildman–Crippen LogP) is 2.95. The minimum atomic E-state index is -0.750. The van der Waals surface area contributed by atoms with Gasteiger partial charge in [0, 0.05) is 29.0 Å². The Morgan fingerprint density at radius 2 is 2.03 bits per heavy atom. The van der Waals surface area contributed by atoms with Gasteiger partial charge in [-0.3, -0.25) is 0 Å². The van der Waals surface area contributed by atoms with Crippen molar-refractivity contribution in [3.8, 4) is 11.5 Å². The van der Waals surface area contributed by atoms with E-state index in [1.54, 1.807) is 36.2 Å². The van der Waals surface area contributed by atoms with E-state index in [1.165, 1.54) is 19.5 Å². The summed E-state index contributed by atoms with van der Waals surface area (Å²) in [5.41, 5.74) is 0.843. The molecule has 0 aliphatic carbocycles. The van der Waals surface area contributed by atoms with E-state index in [-0.39, 0.29) is 18.9 Å². The van der Waals surface area contributed by atoms with Crippen LogP contribution in [0.25, 0.3) is 10.9 Å². The summed E-state index contributed by atoms with van der Waals surface area (Å²) in [7, 11) is 3.31. The molecule has 0 radical (unpaired) electrons. The molecule has 31 heavy (non-hydrogen) atoms. The Morgan fingerprint density at radius 1 is 1.23 bits per heavy atom. The van der Waals surface area contributed by atoms with E-state index in [0.717, 1.165) is 0 Å². The molecule has 0 spiro atoms. The van der Waals surface area contributed by atoms with Crippen LogP contribution in [0.4, 0.5) is 15.9 Å². The molecule has 3 rings (SSSR count). The minimum absolute atomic E-state index is 0.0167. The molecular formula is C21H24BrFN4O4. The number of hydrogen-bond acceptors (Lipinski definition) is 8. The standard InChI is InChI=1S/C21H24BrFN4O4/c1-27(5-6-28)10-14(29)11-31-20-9-18-15(8-19(20)30-2)21(25-12-24-18)26-17-4-3-13(22)7-16(17)23/h3-4,7-9,12,14,28-29H,5-6,10-11H2,1-2H3,(H,24,25,26). The highest BCUT2D eigenvalue weighted by Gasteiger charge is 2.15. The summed E-state index contributed by atoms with van der Waals surface area (Å²) in [6.07, 6.45) is 0.621. The van der Waals surface area contributed by atoms with E-state index in [0.29, 0.717) is 45.8 Å². The van der Waals surface area contributed by atoms with Crippen molar-refractivity contribution in [2.75, 3.05) is 45.8 Å². The van der Waals surface area contributed by atoms with Gasteiger partial charge in [0.15, 0.2) is 11.5 Å². The maximum Gasteiger partial charge on any atom is 0.163 e. The van der Waals surface area contributed by atoms with Crippen molar-refractivity contribution in [1.82, 2.24) is 14.9 Å². The Labute approximate surface area is 187 Å².